The molecule has 0 spiro atoms. The van der Waals surface area contributed by atoms with E-state index in [2.05, 4.69) is 10.2 Å². The Kier molecular flexibility index (Phi) is 7.90. The standard InChI is InChI=1S/C16H23FN2O.2ClH/c1-20-15-11-13(5-6-14(15)17)16(12-3-2-4-12)19-9-7-18-8-10-19;;/h5-6,11-12,16,18H,2-4,7-10H2,1H3;2*1H/t16-;;/m1../s1. The molecule has 0 bridgehead atoms. The summed E-state index contributed by atoms with van der Waals surface area (Å²) in [5.41, 5.74) is 1.20. The minimum atomic E-state index is -0.274. The Hall–Kier alpha value is -0.550. The predicted octanol–water partition coefficient (Wildman–Crippen LogP) is 3.42. The van der Waals surface area contributed by atoms with Crippen LogP contribution >= 0.6 is 24.8 Å². The van der Waals surface area contributed by atoms with E-state index in [1.807, 2.05) is 12.1 Å². The second-order valence-electron chi connectivity index (χ2n) is 5.82. The average Bonchev–Trinajstić information content (AvgIpc) is 2.44. The molecule has 126 valence electrons. The van der Waals surface area contributed by atoms with Crippen LogP contribution in [0.5, 0.6) is 5.75 Å². The van der Waals surface area contributed by atoms with Crippen molar-refractivity contribution >= 4 is 24.8 Å². The lowest BCUT2D eigenvalue weighted by Crippen LogP contribution is -2.47. The van der Waals surface area contributed by atoms with Gasteiger partial charge in [0.2, 0.25) is 0 Å². The average molecular weight is 351 g/mol. The zero-order chi connectivity index (χ0) is 13.9. The van der Waals surface area contributed by atoms with Crippen molar-refractivity contribution < 1.29 is 9.13 Å². The van der Waals surface area contributed by atoms with Gasteiger partial charge in [0.25, 0.3) is 0 Å². The van der Waals surface area contributed by atoms with Crippen LogP contribution in [0.25, 0.3) is 0 Å². The molecule has 1 saturated carbocycles. The fourth-order valence-electron chi connectivity index (χ4n) is 3.36. The Labute approximate surface area is 144 Å². The summed E-state index contributed by atoms with van der Waals surface area (Å²) in [5, 5.41) is 3.40. The second-order valence-corrected chi connectivity index (χ2v) is 5.82. The molecule has 0 amide bonds. The minimum absolute atomic E-state index is 0. The maximum Gasteiger partial charge on any atom is 0.165 e. The van der Waals surface area contributed by atoms with Gasteiger partial charge in [0.15, 0.2) is 11.6 Å². The molecular formula is C16H25Cl2FN2O. The lowest BCUT2D eigenvalue weighted by molar-refractivity contribution is 0.0835. The monoisotopic (exact) mass is 350 g/mol. The zero-order valence-corrected chi connectivity index (χ0v) is 14.5. The van der Waals surface area contributed by atoms with E-state index < -0.39 is 0 Å². The fourth-order valence-corrected chi connectivity index (χ4v) is 3.36. The van der Waals surface area contributed by atoms with E-state index in [-0.39, 0.29) is 30.6 Å². The van der Waals surface area contributed by atoms with E-state index >= 15 is 0 Å². The van der Waals surface area contributed by atoms with Gasteiger partial charge < -0.3 is 10.1 Å². The first-order valence-corrected chi connectivity index (χ1v) is 7.58. The third kappa shape index (κ3) is 4.05. The molecule has 2 aliphatic rings. The van der Waals surface area contributed by atoms with Crippen molar-refractivity contribution in [3.05, 3.63) is 29.6 Å². The van der Waals surface area contributed by atoms with Gasteiger partial charge in [0.1, 0.15) is 0 Å². The molecule has 1 N–H and O–H groups in total. The molecule has 1 atom stereocenters. The lowest BCUT2D eigenvalue weighted by atomic mass is 9.76. The molecule has 0 radical (unpaired) electrons. The van der Waals surface area contributed by atoms with Crippen LogP contribution in [0.3, 0.4) is 0 Å². The topological polar surface area (TPSA) is 24.5 Å². The summed E-state index contributed by atoms with van der Waals surface area (Å²) in [6, 6.07) is 5.78. The molecule has 1 aliphatic carbocycles. The molecule has 1 aromatic carbocycles. The first-order valence-electron chi connectivity index (χ1n) is 7.58. The van der Waals surface area contributed by atoms with Crippen LogP contribution in [0.4, 0.5) is 4.39 Å². The Morgan fingerprint density at radius 1 is 1.23 bits per heavy atom. The van der Waals surface area contributed by atoms with E-state index in [9.17, 15) is 4.39 Å². The smallest absolute Gasteiger partial charge is 0.165 e. The maximum absolute atomic E-state index is 13.6. The number of nitrogens with one attached hydrogen (secondary N) is 1. The van der Waals surface area contributed by atoms with Crippen LogP contribution in [-0.2, 0) is 0 Å². The summed E-state index contributed by atoms with van der Waals surface area (Å²) in [6.45, 7) is 4.23. The Balaban J connectivity index is 0.00000121. The van der Waals surface area contributed by atoms with E-state index in [0.29, 0.717) is 17.7 Å². The zero-order valence-electron chi connectivity index (χ0n) is 12.9. The van der Waals surface area contributed by atoms with Gasteiger partial charge in [-0.3, -0.25) is 4.90 Å². The van der Waals surface area contributed by atoms with Crippen molar-refractivity contribution in [2.75, 3.05) is 33.3 Å². The van der Waals surface area contributed by atoms with Crippen molar-refractivity contribution in [3.8, 4) is 5.75 Å². The summed E-state index contributed by atoms with van der Waals surface area (Å²) in [6.07, 6.45) is 3.90. The molecule has 6 heteroatoms. The third-order valence-electron chi connectivity index (χ3n) is 4.66. The summed E-state index contributed by atoms with van der Waals surface area (Å²) in [7, 11) is 1.53. The van der Waals surface area contributed by atoms with Crippen LogP contribution in [0, 0.1) is 11.7 Å². The molecule has 0 unspecified atom stereocenters. The van der Waals surface area contributed by atoms with Crippen molar-refractivity contribution in [3.63, 3.8) is 0 Å². The van der Waals surface area contributed by atoms with Crippen LogP contribution in [-0.4, -0.2) is 38.2 Å². The second kappa shape index (κ2) is 8.92. The van der Waals surface area contributed by atoms with Gasteiger partial charge in [-0.05, 0) is 36.5 Å². The van der Waals surface area contributed by atoms with Crippen LogP contribution in [0.2, 0.25) is 0 Å². The molecule has 1 aliphatic heterocycles. The molecule has 3 rings (SSSR count). The first-order chi connectivity index (χ1) is 9.79. The number of benzene rings is 1. The van der Waals surface area contributed by atoms with Gasteiger partial charge in [-0.2, -0.15) is 0 Å². The Morgan fingerprint density at radius 3 is 2.45 bits per heavy atom. The Morgan fingerprint density at radius 2 is 1.91 bits per heavy atom. The number of hydrogen-bond donors (Lipinski definition) is 1. The van der Waals surface area contributed by atoms with Crippen LogP contribution in [0.15, 0.2) is 18.2 Å². The van der Waals surface area contributed by atoms with Gasteiger partial charge in [0, 0.05) is 32.2 Å². The molecule has 22 heavy (non-hydrogen) atoms. The van der Waals surface area contributed by atoms with E-state index in [4.69, 9.17) is 4.74 Å². The predicted molar refractivity (Wildman–Crippen MR) is 92.0 cm³/mol. The van der Waals surface area contributed by atoms with Crippen molar-refractivity contribution in [1.82, 2.24) is 10.2 Å². The van der Waals surface area contributed by atoms with Crippen molar-refractivity contribution in [2.24, 2.45) is 5.92 Å². The lowest BCUT2D eigenvalue weighted by Gasteiger charge is -2.43. The van der Waals surface area contributed by atoms with Gasteiger partial charge in [-0.25, -0.2) is 4.39 Å². The summed E-state index contributed by atoms with van der Waals surface area (Å²) in [5.74, 6) is 0.800. The molecule has 3 nitrogen and oxygen atoms in total. The number of nitrogens with zero attached hydrogens (tertiary/aromatic N) is 1. The highest BCUT2D eigenvalue weighted by molar-refractivity contribution is 5.85. The van der Waals surface area contributed by atoms with E-state index in [0.717, 1.165) is 26.2 Å². The summed E-state index contributed by atoms with van der Waals surface area (Å²) < 4.78 is 18.8. The van der Waals surface area contributed by atoms with Gasteiger partial charge in [0.05, 0.1) is 7.11 Å². The molecule has 1 saturated heterocycles. The highest BCUT2D eigenvalue weighted by Crippen LogP contribution is 2.42. The quantitative estimate of drug-likeness (QED) is 0.900. The molecular weight excluding hydrogens is 326 g/mol. The number of halogens is 3. The number of hydrogen-bond acceptors (Lipinski definition) is 3. The SMILES string of the molecule is COc1cc([C@@H](C2CCC2)N2CCNCC2)ccc1F.Cl.Cl. The highest BCUT2D eigenvalue weighted by atomic mass is 35.5. The first kappa shape index (κ1) is 19.5. The van der Waals surface area contributed by atoms with Gasteiger partial charge in [-0.1, -0.05) is 12.5 Å². The normalized spacial score (nSPS) is 20.3. The van der Waals surface area contributed by atoms with Crippen molar-refractivity contribution in [1.29, 1.82) is 0 Å². The molecule has 1 aromatic rings. The highest BCUT2D eigenvalue weighted by Gasteiger charge is 2.33. The number of ether oxygens (including phenoxy) is 1. The molecule has 0 aromatic heterocycles. The third-order valence-corrected chi connectivity index (χ3v) is 4.66. The minimum Gasteiger partial charge on any atom is -0.494 e. The largest absolute Gasteiger partial charge is 0.494 e. The summed E-state index contributed by atoms with van der Waals surface area (Å²) >= 11 is 0. The van der Waals surface area contributed by atoms with E-state index in [1.54, 1.807) is 6.07 Å². The fraction of sp³-hybridized carbons (Fsp3) is 0.625. The van der Waals surface area contributed by atoms with E-state index in [1.165, 1.54) is 31.9 Å². The van der Waals surface area contributed by atoms with Gasteiger partial charge in [-0.15, -0.1) is 24.8 Å². The van der Waals surface area contributed by atoms with Gasteiger partial charge >= 0.3 is 0 Å². The Bertz CT molecular complexity index is 465. The summed E-state index contributed by atoms with van der Waals surface area (Å²) in [4.78, 5) is 2.55. The number of piperazine rings is 1. The van der Waals surface area contributed by atoms with Crippen molar-refractivity contribution in [2.45, 2.75) is 25.3 Å². The van der Waals surface area contributed by atoms with Crippen LogP contribution in [0.1, 0.15) is 30.9 Å². The maximum atomic E-state index is 13.6. The van der Waals surface area contributed by atoms with Crippen LogP contribution < -0.4 is 10.1 Å². The molecule has 2 fully saturated rings. The number of methoxy groups -OCH3 is 1. The molecule has 1 heterocycles. The number of rotatable bonds is 4.